The summed E-state index contributed by atoms with van der Waals surface area (Å²) in [6.45, 7) is 8.38. The Morgan fingerprint density at radius 2 is 1.89 bits per heavy atom. The molecule has 1 aromatic heterocycles. The van der Waals surface area contributed by atoms with E-state index in [2.05, 4.69) is 18.7 Å². The molecule has 4 rings (SSSR count). The van der Waals surface area contributed by atoms with Crippen LogP contribution in [-0.2, 0) is 0 Å². The van der Waals surface area contributed by atoms with E-state index in [-0.39, 0.29) is 17.2 Å². The van der Waals surface area contributed by atoms with Gasteiger partial charge in [0.1, 0.15) is 17.0 Å². The van der Waals surface area contributed by atoms with Crippen molar-refractivity contribution >= 4 is 55.6 Å². The molecule has 0 bridgehead atoms. The first-order valence-corrected chi connectivity index (χ1v) is 13.8. The summed E-state index contributed by atoms with van der Waals surface area (Å²) < 4.78 is 6.19. The van der Waals surface area contributed by atoms with Gasteiger partial charge in [0, 0.05) is 37.8 Å². The molecule has 1 aliphatic rings. The van der Waals surface area contributed by atoms with E-state index in [1.165, 1.54) is 17.4 Å². The third-order valence-electron chi connectivity index (χ3n) is 6.79. The number of ether oxygens (including phenoxy) is 1. The second-order valence-corrected chi connectivity index (χ2v) is 10.3. The lowest BCUT2D eigenvalue weighted by Crippen LogP contribution is -2.39. The molecular formula is C26H32ClN5O4S. The molecule has 11 heteroatoms. The average Bonchev–Trinajstić information content (AvgIpc) is 3.37. The number of anilines is 2. The molecule has 37 heavy (non-hydrogen) atoms. The number of halogens is 1. The number of carbonyl (C=O) groups is 1. The molecule has 1 aliphatic heterocycles. The van der Waals surface area contributed by atoms with Crippen LogP contribution in [0.1, 0.15) is 43.5 Å². The van der Waals surface area contributed by atoms with Gasteiger partial charge in [0.2, 0.25) is 0 Å². The second-order valence-electron chi connectivity index (χ2n) is 8.92. The standard InChI is InChI=1S/C26H32ClN5O4S/c1-4-29(5-2)15-16-31(26-28-23-22(36-3)12-10-19(27)24(23)37-26)25(33)18-9-11-20(21(17-18)32(34)35)30-13-7-6-8-14-30/h9-12,17H,4-8,13-16H2,1-3H3. The number of methoxy groups -OCH3 is 1. The third kappa shape index (κ3) is 5.81. The van der Waals surface area contributed by atoms with Crippen molar-refractivity contribution in [2.45, 2.75) is 33.1 Å². The van der Waals surface area contributed by atoms with Gasteiger partial charge in [-0.25, -0.2) is 4.98 Å². The van der Waals surface area contributed by atoms with Crippen molar-refractivity contribution < 1.29 is 14.5 Å². The zero-order valence-electron chi connectivity index (χ0n) is 21.4. The minimum atomic E-state index is -0.400. The van der Waals surface area contributed by atoms with E-state index in [1.807, 2.05) is 4.90 Å². The Morgan fingerprint density at radius 3 is 2.54 bits per heavy atom. The summed E-state index contributed by atoms with van der Waals surface area (Å²) in [6, 6.07) is 8.29. The maximum Gasteiger partial charge on any atom is 0.293 e. The predicted molar refractivity (Wildman–Crippen MR) is 150 cm³/mol. The number of piperidine rings is 1. The monoisotopic (exact) mass is 545 g/mol. The lowest BCUT2D eigenvalue weighted by atomic mass is 10.1. The van der Waals surface area contributed by atoms with Gasteiger partial charge in [-0.15, -0.1) is 0 Å². The van der Waals surface area contributed by atoms with Crippen LogP contribution in [0.4, 0.5) is 16.5 Å². The molecule has 0 radical (unpaired) electrons. The summed E-state index contributed by atoms with van der Waals surface area (Å²) in [5.74, 6) is 0.231. The number of nitro benzene ring substituents is 1. The smallest absolute Gasteiger partial charge is 0.293 e. The zero-order valence-corrected chi connectivity index (χ0v) is 23.0. The molecule has 0 unspecified atom stereocenters. The number of aromatic nitrogens is 1. The average molecular weight is 546 g/mol. The van der Waals surface area contributed by atoms with E-state index in [0.29, 0.717) is 40.2 Å². The van der Waals surface area contributed by atoms with E-state index in [4.69, 9.17) is 21.3 Å². The van der Waals surface area contributed by atoms with Gasteiger partial charge >= 0.3 is 0 Å². The number of amides is 1. The number of nitro groups is 1. The molecular weight excluding hydrogens is 514 g/mol. The highest BCUT2D eigenvalue weighted by molar-refractivity contribution is 7.23. The number of hydrogen-bond acceptors (Lipinski definition) is 8. The summed E-state index contributed by atoms with van der Waals surface area (Å²) in [6.07, 6.45) is 3.13. The fourth-order valence-corrected chi connectivity index (χ4v) is 5.93. The van der Waals surface area contributed by atoms with Crippen molar-refractivity contribution in [3.05, 3.63) is 51.0 Å². The van der Waals surface area contributed by atoms with Crippen LogP contribution >= 0.6 is 22.9 Å². The first-order chi connectivity index (χ1) is 17.9. The number of benzene rings is 2. The van der Waals surface area contributed by atoms with Crippen molar-refractivity contribution in [3.8, 4) is 5.75 Å². The number of carbonyl (C=O) groups excluding carboxylic acids is 1. The largest absolute Gasteiger partial charge is 0.494 e. The van der Waals surface area contributed by atoms with Gasteiger partial charge < -0.3 is 14.5 Å². The fourth-order valence-electron chi connectivity index (χ4n) is 4.65. The van der Waals surface area contributed by atoms with Crippen LogP contribution in [0, 0.1) is 10.1 Å². The molecule has 198 valence electrons. The number of likely N-dealkylation sites (N-methyl/N-ethyl adjacent to an activating group) is 1. The van der Waals surface area contributed by atoms with E-state index in [0.717, 1.165) is 50.1 Å². The van der Waals surface area contributed by atoms with Gasteiger partial charge in [0.25, 0.3) is 11.6 Å². The third-order valence-corrected chi connectivity index (χ3v) is 8.33. The Kier molecular flexibility index (Phi) is 8.83. The van der Waals surface area contributed by atoms with Gasteiger partial charge in [0.05, 0.1) is 21.8 Å². The molecule has 3 aromatic rings. The highest BCUT2D eigenvalue weighted by Gasteiger charge is 2.28. The van der Waals surface area contributed by atoms with Gasteiger partial charge in [-0.2, -0.15) is 0 Å². The van der Waals surface area contributed by atoms with Crippen LogP contribution in [0.2, 0.25) is 5.02 Å². The highest BCUT2D eigenvalue weighted by atomic mass is 35.5. The van der Waals surface area contributed by atoms with Crippen molar-refractivity contribution in [1.82, 2.24) is 9.88 Å². The van der Waals surface area contributed by atoms with Crippen LogP contribution in [0.25, 0.3) is 10.2 Å². The minimum absolute atomic E-state index is 0.0505. The lowest BCUT2D eigenvalue weighted by Gasteiger charge is -2.28. The Bertz CT molecular complexity index is 1270. The second kappa shape index (κ2) is 12.1. The lowest BCUT2D eigenvalue weighted by molar-refractivity contribution is -0.384. The van der Waals surface area contributed by atoms with Crippen molar-refractivity contribution in [1.29, 1.82) is 0 Å². The predicted octanol–water partition coefficient (Wildman–Crippen LogP) is 5.85. The number of thiazole rings is 1. The van der Waals surface area contributed by atoms with Crippen LogP contribution in [0.5, 0.6) is 5.75 Å². The molecule has 1 amide bonds. The van der Waals surface area contributed by atoms with Gasteiger partial charge in [0.15, 0.2) is 5.13 Å². The molecule has 2 heterocycles. The topological polar surface area (TPSA) is 92.0 Å². The van der Waals surface area contributed by atoms with Crippen LogP contribution in [-0.4, -0.2) is 67.1 Å². The highest BCUT2D eigenvalue weighted by Crippen LogP contribution is 2.39. The van der Waals surface area contributed by atoms with Gasteiger partial charge in [-0.3, -0.25) is 19.8 Å². The van der Waals surface area contributed by atoms with E-state index in [1.54, 1.807) is 36.3 Å². The number of rotatable bonds is 10. The molecule has 1 fully saturated rings. The Balaban J connectivity index is 1.74. The van der Waals surface area contributed by atoms with Crippen LogP contribution in [0.3, 0.4) is 0 Å². The Morgan fingerprint density at radius 1 is 1.16 bits per heavy atom. The van der Waals surface area contributed by atoms with Crippen LogP contribution < -0.4 is 14.5 Å². The molecule has 0 atom stereocenters. The van der Waals surface area contributed by atoms with E-state index < -0.39 is 4.92 Å². The SMILES string of the molecule is CCN(CC)CCN(C(=O)c1ccc(N2CCCCC2)c([N+](=O)[O-])c1)c1nc2c(OC)ccc(Cl)c2s1. The minimum Gasteiger partial charge on any atom is -0.494 e. The van der Waals surface area contributed by atoms with Crippen molar-refractivity contribution in [3.63, 3.8) is 0 Å². The molecule has 1 saturated heterocycles. The quantitative estimate of drug-likeness (QED) is 0.233. The normalized spacial score (nSPS) is 13.8. The Labute approximate surface area is 225 Å². The summed E-state index contributed by atoms with van der Waals surface area (Å²) in [5, 5.41) is 13.0. The number of nitrogens with zero attached hydrogens (tertiary/aromatic N) is 5. The van der Waals surface area contributed by atoms with E-state index >= 15 is 0 Å². The maximum absolute atomic E-state index is 13.9. The van der Waals surface area contributed by atoms with E-state index in [9.17, 15) is 14.9 Å². The summed E-state index contributed by atoms with van der Waals surface area (Å²) >= 11 is 7.75. The molecule has 0 N–H and O–H groups in total. The Hall–Kier alpha value is -2.95. The van der Waals surface area contributed by atoms with Crippen molar-refractivity contribution in [2.75, 3.05) is 56.2 Å². The molecule has 0 spiro atoms. The summed E-state index contributed by atoms with van der Waals surface area (Å²) in [4.78, 5) is 36.1. The number of hydrogen-bond donors (Lipinski definition) is 0. The molecule has 0 saturated carbocycles. The van der Waals surface area contributed by atoms with Crippen molar-refractivity contribution in [2.24, 2.45) is 0 Å². The zero-order chi connectivity index (χ0) is 26.5. The van der Waals surface area contributed by atoms with Crippen LogP contribution in [0.15, 0.2) is 30.3 Å². The summed E-state index contributed by atoms with van der Waals surface area (Å²) in [7, 11) is 1.56. The van der Waals surface area contributed by atoms with Gasteiger partial charge in [-0.1, -0.05) is 36.8 Å². The number of fused-ring (bicyclic) bond motifs is 1. The summed E-state index contributed by atoms with van der Waals surface area (Å²) in [5.41, 5.74) is 1.35. The first kappa shape index (κ1) is 27.1. The molecule has 2 aromatic carbocycles. The fraction of sp³-hybridized carbons (Fsp3) is 0.462. The maximum atomic E-state index is 13.9. The first-order valence-electron chi connectivity index (χ1n) is 12.6. The molecule has 9 nitrogen and oxygen atoms in total. The van der Waals surface area contributed by atoms with Gasteiger partial charge in [-0.05, 0) is 56.6 Å². The molecule has 0 aliphatic carbocycles.